The summed E-state index contributed by atoms with van der Waals surface area (Å²) >= 11 is 0. The van der Waals surface area contributed by atoms with Crippen molar-refractivity contribution < 1.29 is 27.9 Å². The van der Waals surface area contributed by atoms with Crippen molar-refractivity contribution in [3.05, 3.63) is 42.2 Å². The van der Waals surface area contributed by atoms with E-state index in [0.29, 0.717) is 24.2 Å². The fourth-order valence-corrected chi connectivity index (χ4v) is 3.31. The molecule has 0 bridgehead atoms. The average Bonchev–Trinajstić information content (AvgIpc) is 3.12. The molecule has 3 rings (SSSR count). The molecule has 9 heteroatoms. The van der Waals surface area contributed by atoms with Gasteiger partial charge in [-0.1, -0.05) is 18.6 Å². The van der Waals surface area contributed by atoms with Crippen molar-refractivity contribution >= 4 is 17.6 Å². The third-order valence-electron chi connectivity index (χ3n) is 4.72. The minimum atomic E-state index is -4.29. The molecule has 1 aliphatic rings. The van der Waals surface area contributed by atoms with Gasteiger partial charge in [-0.25, -0.2) is 9.48 Å². The van der Waals surface area contributed by atoms with Crippen LogP contribution in [0.4, 0.5) is 18.9 Å². The number of alkyl halides is 3. The number of amides is 1. The highest BCUT2D eigenvalue weighted by atomic mass is 19.4. The van der Waals surface area contributed by atoms with Crippen LogP contribution in [0.1, 0.15) is 36.2 Å². The first-order valence-electron chi connectivity index (χ1n) is 8.51. The number of para-hydroxylation sites is 2. The lowest BCUT2D eigenvalue weighted by Crippen LogP contribution is -2.34. The highest BCUT2D eigenvalue weighted by Gasteiger charge is 2.43. The van der Waals surface area contributed by atoms with Crippen molar-refractivity contribution in [2.45, 2.75) is 31.9 Å². The maximum atomic E-state index is 13.0. The molecule has 2 aromatic rings. The van der Waals surface area contributed by atoms with E-state index in [1.807, 2.05) is 0 Å². The minimum Gasteiger partial charge on any atom is -0.476 e. The van der Waals surface area contributed by atoms with Crippen LogP contribution < -0.4 is 5.32 Å². The Balaban J connectivity index is 1.77. The predicted molar refractivity (Wildman–Crippen MR) is 90.7 cm³/mol. The standard InChI is InChI=1S/C18H18F3N3O3/c19-18(20,21)12-5-3-4-11(10-12)16(25)22-13-6-1-2-7-15(13)24-9-8-14(23-24)17(26)27/h1-2,6-9,11-12H,3-5,10H2,(H,22,25)(H,26,27). The number of hydrogen-bond donors (Lipinski definition) is 2. The van der Waals surface area contributed by atoms with Crippen LogP contribution in [0, 0.1) is 11.8 Å². The zero-order valence-corrected chi connectivity index (χ0v) is 14.2. The maximum Gasteiger partial charge on any atom is 0.391 e. The van der Waals surface area contributed by atoms with Gasteiger partial charge in [-0.2, -0.15) is 18.3 Å². The molecule has 1 fully saturated rings. The summed E-state index contributed by atoms with van der Waals surface area (Å²) in [5, 5.41) is 15.6. The quantitative estimate of drug-likeness (QED) is 0.842. The Kier molecular flexibility index (Phi) is 5.20. The van der Waals surface area contributed by atoms with E-state index >= 15 is 0 Å². The second kappa shape index (κ2) is 7.42. The molecule has 1 heterocycles. The van der Waals surface area contributed by atoms with E-state index < -0.39 is 29.9 Å². The molecule has 0 saturated heterocycles. The lowest BCUT2D eigenvalue weighted by atomic mass is 9.80. The summed E-state index contributed by atoms with van der Waals surface area (Å²) in [6.45, 7) is 0. The van der Waals surface area contributed by atoms with Crippen LogP contribution in [0.25, 0.3) is 5.69 Å². The lowest BCUT2D eigenvalue weighted by Gasteiger charge is -2.29. The average molecular weight is 381 g/mol. The molecular weight excluding hydrogens is 363 g/mol. The molecule has 2 N–H and O–H groups in total. The van der Waals surface area contributed by atoms with E-state index in [1.54, 1.807) is 24.3 Å². The Morgan fingerprint density at radius 2 is 1.93 bits per heavy atom. The molecular formula is C18H18F3N3O3. The highest BCUT2D eigenvalue weighted by Crippen LogP contribution is 2.40. The highest BCUT2D eigenvalue weighted by molar-refractivity contribution is 5.94. The normalized spacial score (nSPS) is 20.3. The van der Waals surface area contributed by atoms with E-state index in [1.165, 1.54) is 16.9 Å². The Morgan fingerprint density at radius 1 is 1.19 bits per heavy atom. The number of carboxylic acids is 1. The van der Waals surface area contributed by atoms with Crippen LogP contribution in [0.15, 0.2) is 36.5 Å². The Hall–Kier alpha value is -2.84. The number of benzene rings is 1. The van der Waals surface area contributed by atoms with Gasteiger partial charge >= 0.3 is 12.1 Å². The Labute approximate surface area is 153 Å². The molecule has 0 spiro atoms. The number of carbonyl (C=O) groups excluding carboxylic acids is 1. The van der Waals surface area contributed by atoms with Crippen LogP contribution in [0.2, 0.25) is 0 Å². The van der Waals surface area contributed by atoms with E-state index in [0.717, 1.165) is 0 Å². The second-order valence-electron chi connectivity index (χ2n) is 6.56. The zero-order chi connectivity index (χ0) is 19.6. The molecule has 1 aromatic carbocycles. The van der Waals surface area contributed by atoms with E-state index in [2.05, 4.69) is 10.4 Å². The lowest BCUT2D eigenvalue weighted by molar-refractivity contribution is -0.185. The molecule has 2 atom stereocenters. The molecule has 1 aromatic heterocycles. The molecule has 1 saturated carbocycles. The predicted octanol–water partition coefficient (Wildman–Crippen LogP) is 3.88. The van der Waals surface area contributed by atoms with Gasteiger partial charge in [0.25, 0.3) is 0 Å². The first kappa shape index (κ1) is 18.9. The summed E-state index contributed by atoms with van der Waals surface area (Å²) in [4.78, 5) is 23.5. The molecule has 0 radical (unpaired) electrons. The van der Waals surface area contributed by atoms with E-state index in [-0.39, 0.29) is 18.5 Å². The third kappa shape index (κ3) is 4.29. The monoisotopic (exact) mass is 381 g/mol. The minimum absolute atomic E-state index is 0.0507. The molecule has 0 aliphatic heterocycles. The van der Waals surface area contributed by atoms with Gasteiger partial charge in [0.15, 0.2) is 5.69 Å². The topological polar surface area (TPSA) is 84.2 Å². The van der Waals surface area contributed by atoms with Crippen molar-refractivity contribution in [1.82, 2.24) is 9.78 Å². The molecule has 1 amide bonds. The van der Waals surface area contributed by atoms with Gasteiger partial charge in [-0.3, -0.25) is 4.79 Å². The summed E-state index contributed by atoms with van der Waals surface area (Å²) in [6.07, 6.45) is -2.26. The zero-order valence-electron chi connectivity index (χ0n) is 14.2. The number of nitrogens with one attached hydrogen (secondary N) is 1. The van der Waals surface area contributed by atoms with Crippen molar-refractivity contribution in [1.29, 1.82) is 0 Å². The van der Waals surface area contributed by atoms with Gasteiger partial charge in [0, 0.05) is 12.1 Å². The molecule has 6 nitrogen and oxygen atoms in total. The third-order valence-corrected chi connectivity index (χ3v) is 4.72. The number of hydrogen-bond acceptors (Lipinski definition) is 3. The summed E-state index contributed by atoms with van der Waals surface area (Å²) < 4.78 is 40.2. The van der Waals surface area contributed by atoms with Gasteiger partial charge in [-0.15, -0.1) is 0 Å². The fraction of sp³-hybridized carbons (Fsp3) is 0.389. The number of carbonyl (C=O) groups is 2. The first-order valence-corrected chi connectivity index (χ1v) is 8.51. The second-order valence-corrected chi connectivity index (χ2v) is 6.56. The summed E-state index contributed by atoms with van der Waals surface area (Å²) in [5.74, 6) is -3.83. The molecule has 1 aliphatic carbocycles. The SMILES string of the molecule is O=C(O)c1ccn(-c2ccccc2NC(=O)C2CCCC(C(F)(F)F)C2)n1. The number of nitrogens with zero attached hydrogens (tertiary/aromatic N) is 2. The van der Waals surface area contributed by atoms with E-state index in [9.17, 15) is 22.8 Å². The summed E-state index contributed by atoms with van der Waals surface area (Å²) in [7, 11) is 0. The smallest absolute Gasteiger partial charge is 0.391 e. The molecule has 2 unspecified atom stereocenters. The number of rotatable bonds is 4. The molecule has 144 valence electrons. The fourth-order valence-electron chi connectivity index (χ4n) is 3.31. The van der Waals surface area contributed by atoms with Crippen molar-refractivity contribution in [2.24, 2.45) is 11.8 Å². The molecule has 27 heavy (non-hydrogen) atoms. The number of halogens is 3. The maximum absolute atomic E-state index is 13.0. The van der Waals surface area contributed by atoms with Gasteiger partial charge in [0.1, 0.15) is 0 Å². The first-order chi connectivity index (χ1) is 12.8. The van der Waals surface area contributed by atoms with Gasteiger partial charge in [0.05, 0.1) is 17.3 Å². The number of anilines is 1. The van der Waals surface area contributed by atoms with Crippen LogP contribution in [-0.4, -0.2) is 32.9 Å². The van der Waals surface area contributed by atoms with Crippen molar-refractivity contribution in [3.8, 4) is 5.69 Å². The summed E-state index contributed by atoms with van der Waals surface area (Å²) in [5.41, 5.74) is 0.634. The summed E-state index contributed by atoms with van der Waals surface area (Å²) in [6, 6.07) is 7.90. The van der Waals surface area contributed by atoms with Crippen LogP contribution in [-0.2, 0) is 4.79 Å². The Morgan fingerprint density at radius 3 is 2.59 bits per heavy atom. The van der Waals surface area contributed by atoms with Gasteiger partial charge in [-0.05, 0) is 37.5 Å². The van der Waals surface area contributed by atoms with Crippen LogP contribution in [0.3, 0.4) is 0 Å². The van der Waals surface area contributed by atoms with E-state index in [4.69, 9.17) is 5.11 Å². The Bertz CT molecular complexity index is 848. The van der Waals surface area contributed by atoms with Crippen molar-refractivity contribution in [2.75, 3.05) is 5.32 Å². The van der Waals surface area contributed by atoms with Crippen LogP contribution in [0.5, 0.6) is 0 Å². The van der Waals surface area contributed by atoms with Gasteiger partial charge < -0.3 is 10.4 Å². The number of carboxylic acid groups (broad SMARTS) is 1. The van der Waals surface area contributed by atoms with Gasteiger partial charge in [0.2, 0.25) is 5.91 Å². The van der Waals surface area contributed by atoms with Crippen LogP contribution >= 0.6 is 0 Å². The van der Waals surface area contributed by atoms with Crippen molar-refractivity contribution in [3.63, 3.8) is 0 Å². The largest absolute Gasteiger partial charge is 0.476 e. The number of aromatic carboxylic acids is 1. The number of aromatic nitrogens is 2.